The minimum absolute atomic E-state index is 0.0436. The Labute approximate surface area is 117 Å². The average Bonchev–Trinajstić information content (AvgIpc) is 2.65. The lowest BCUT2D eigenvalue weighted by atomic mass is 9.84. The molecule has 3 aliphatic rings. The summed E-state index contributed by atoms with van der Waals surface area (Å²) in [5.74, 6) is 2.66. The van der Waals surface area contributed by atoms with E-state index in [2.05, 4.69) is 17.1 Å². The summed E-state index contributed by atoms with van der Waals surface area (Å²) in [6, 6.07) is 0.585. The van der Waals surface area contributed by atoms with E-state index in [0.29, 0.717) is 17.9 Å². The molecule has 1 aliphatic heterocycles. The second-order valence-corrected chi connectivity index (χ2v) is 7.09. The van der Waals surface area contributed by atoms with Gasteiger partial charge in [0.25, 0.3) is 0 Å². The van der Waals surface area contributed by atoms with Gasteiger partial charge in [0.1, 0.15) is 0 Å². The number of amides is 1. The average molecular weight is 264 g/mol. The molecule has 0 aromatic heterocycles. The van der Waals surface area contributed by atoms with Crippen LogP contribution in [0.5, 0.6) is 0 Å². The first-order chi connectivity index (χ1) is 9.19. The zero-order valence-corrected chi connectivity index (χ0v) is 12.4. The summed E-state index contributed by atoms with van der Waals surface area (Å²) < 4.78 is 0. The number of rotatable bonds is 2. The van der Waals surface area contributed by atoms with Gasteiger partial charge in [0.05, 0.1) is 6.04 Å². The molecular weight excluding hydrogens is 236 g/mol. The van der Waals surface area contributed by atoms with Gasteiger partial charge in [-0.05, 0) is 56.9 Å². The fraction of sp³-hybridized carbons (Fsp3) is 0.938. The highest BCUT2D eigenvalue weighted by Crippen LogP contribution is 2.44. The highest BCUT2D eigenvalue weighted by molar-refractivity contribution is 5.82. The molecule has 1 heterocycles. The van der Waals surface area contributed by atoms with Gasteiger partial charge in [-0.25, -0.2) is 0 Å². The molecule has 3 rings (SSSR count). The second kappa shape index (κ2) is 5.43. The molecule has 3 fully saturated rings. The lowest BCUT2D eigenvalue weighted by Gasteiger charge is -2.38. The van der Waals surface area contributed by atoms with Gasteiger partial charge in [0, 0.05) is 12.6 Å². The molecule has 19 heavy (non-hydrogen) atoms. The number of nitrogens with zero attached hydrogens (tertiary/aromatic N) is 1. The van der Waals surface area contributed by atoms with E-state index in [1.165, 1.54) is 44.9 Å². The van der Waals surface area contributed by atoms with Crippen LogP contribution in [0.25, 0.3) is 0 Å². The monoisotopic (exact) mass is 264 g/mol. The van der Waals surface area contributed by atoms with Crippen LogP contribution < -0.4 is 5.32 Å². The van der Waals surface area contributed by atoms with Gasteiger partial charge in [-0.2, -0.15) is 0 Å². The van der Waals surface area contributed by atoms with Gasteiger partial charge in [-0.1, -0.05) is 19.8 Å². The summed E-state index contributed by atoms with van der Waals surface area (Å²) in [5.41, 5.74) is 0. The SMILES string of the molecule is CNC1C(=O)N(C2CC3CCC(C3)C2)CCCC1C. The Morgan fingerprint density at radius 3 is 2.42 bits per heavy atom. The van der Waals surface area contributed by atoms with Crippen LogP contribution in [0.4, 0.5) is 0 Å². The van der Waals surface area contributed by atoms with Crippen molar-refractivity contribution in [2.75, 3.05) is 13.6 Å². The quantitative estimate of drug-likeness (QED) is 0.830. The molecule has 1 saturated heterocycles. The third-order valence-electron chi connectivity index (χ3n) is 5.79. The second-order valence-electron chi connectivity index (χ2n) is 7.09. The maximum atomic E-state index is 12.8. The summed E-state index contributed by atoms with van der Waals surface area (Å²) in [4.78, 5) is 15.0. The molecule has 4 unspecified atom stereocenters. The number of hydrogen-bond donors (Lipinski definition) is 1. The van der Waals surface area contributed by atoms with Crippen LogP contribution in [0.1, 0.15) is 51.9 Å². The smallest absolute Gasteiger partial charge is 0.240 e. The summed E-state index contributed by atoms with van der Waals surface area (Å²) in [6.07, 6.45) is 9.15. The Morgan fingerprint density at radius 1 is 1.11 bits per heavy atom. The van der Waals surface area contributed by atoms with Crippen molar-refractivity contribution in [1.29, 1.82) is 0 Å². The van der Waals surface area contributed by atoms with Gasteiger partial charge in [0.2, 0.25) is 5.91 Å². The first-order valence-corrected chi connectivity index (χ1v) is 8.16. The number of nitrogens with one attached hydrogen (secondary N) is 1. The zero-order valence-electron chi connectivity index (χ0n) is 12.4. The van der Waals surface area contributed by atoms with Gasteiger partial charge >= 0.3 is 0 Å². The molecule has 2 saturated carbocycles. The summed E-state index contributed by atoms with van der Waals surface area (Å²) in [7, 11) is 1.94. The maximum absolute atomic E-state index is 12.8. The highest BCUT2D eigenvalue weighted by atomic mass is 16.2. The number of likely N-dealkylation sites (tertiary alicyclic amines) is 1. The fourth-order valence-corrected chi connectivity index (χ4v) is 4.78. The minimum Gasteiger partial charge on any atom is -0.338 e. The molecule has 1 N–H and O–H groups in total. The van der Waals surface area contributed by atoms with Crippen molar-refractivity contribution >= 4 is 5.91 Å². The lowest BCUT2D eigenvalue weighted by molar-refractivity contribution is -0.137. The molecule has 1 amide bonds. The van der Waals surface area contributed by atoms with Crippen LogP contribution in [0.15, 0.2) is 0 Å². The fourth-order valence-electron chi connectivity index (χ4n) is 4.78. The topological polar surface area (TPSA) is 32.3 Å². The van der Waals surface area contributed by atoms with Gasteiger partial charge in [0.15, 0.2) is 0 Å². The molecule has 108 valence electrons. The van der Waals surface area contributed by atoms with Crippen molar-refractivity contribution in [3.8, 4) is 0 Å². The first kappa shape index (κ1) is 13.4. The van der Waals surface area contributed by atoms with Crippen LogP contribution in [-0.2, 0) is 4.79 Å². The van der Waals surface area contributed by atoms with Crippen LogP contribution >= 0.6 is 0 Å². The zero-order chi connectivity index (χ0) is 13.4. The molecule has 4 atom stereocenters. The molecule has 0 radical (unpaired) electrons. The Bertz CT molecular complexity index is 332. The van der Waals surface area contributed by atoms with E-state index >= 15 is 0 Å². The Hall–Kier alpha value is -0.570. The Kier molecular flexibility index (Phi) is 3.84. The van der Waals surface area contributed by atoms with Crippen LogP contribution in [0.3, 0.4) is 0 Å². The van der Waals surface area contributed by atoms with E-state index in [9.17, 15) is 4.79 Å². The molecule has 2 bridgehead atoms. The number of hydrogen-bond acceptors (Lipinski definition) is 2. The van der Waals surface area contributed by atoms with Crippen molar-refractivity contribution in [1.82, 2.24) is 10.2 Å². The Morgan fingerprint density at radius 2 is 1.79 bits per heavy atom. The summed E-state index contributed by atoms with van der Waals surface area (Å²) >= 11 is 0. The number of carbonyl (C=O) groups excluding carboxylic acids is 1. The van der Waals surface area contributed by atoms with Gasteiger partial charge in [-0.3, -0.25) is 4.79 Å². The van der Waals surface area contributed by atoms with Crippen molar-refractivity contribution in [2.24, 2.45) is 17.8 Å². The van der Waals surface area contributed by atoms with E-state index in [-0.39, 0.29) is 6.04 Å². The van der Waals surface area contributed by atoms with E-state index in [4.69, 9.17) is 0 Å². The molecule has 3 nitrogen and oxygen atoms in total. The van der Waals surface area contributed by atoms with E-state index in [1.54, 1.807) is 0 Å². The molecular formula is C16H28N2O. The number of fused-ring (bicyclic) bond motifs is 2. The van der Waals surface area contributed by atoms with Crippen LogP contribution in [-0.4, -0.2) is 36.5 Å². The summed E-state index contributed by atoms with van der Waals surface area (Å²) in [6.45, 7) is 3.21. The molecule has 0 spiro atoms. The predicted molar refractivity (Wildman–Crippen MR) is 76.8 cm³/mol. The largest absolute Gasteiger partial charge is 0.338 e. The van der Waals surface area contributed by atoms with Crippen LogP contribution in [0.2, 0.25) is 0 Å². The van der Waals surface area contributed by atoms with E-state index in [1.807, 2.05) is 7.05 Å². The van der Waals surface area contributed by atoms with Crippen LogP contribution in [0, 0.1) is 17.8 Å². The van der Waals surface area contributed by atoms with Gasteiger partial charge in [-0.15, -0.1) is 0 Å². The molecule has 3 heteroatoms. The first-order valence-electron chi connectivity index (χ1n) is 8.16. The normalized spacial score (nSPS) is 43.4. The number of likely N-dealkylation sites (N-methyl/N-ethyl adjacent to an activating group) is 1. The molecule has 2 aliphatic carbocycles. The van der Waals surface area contributed by atoms with E-state index < -0.39 is 0 Å². The van der Waals surface area contributed by atoms with Crippen molar-refractivity contribution < 1.29 is 4.79 Å². The third-order valence-corrected chi connectivity index (χ3v) is 5.79. The predicted octanol–water partition coefficient (Wildman–Crippen LogP) is 2.41. The summed E-state index contributed by atoms with van der Waals surface area (Å²) in [5, 5.41) is 3.26. The van der Waals surface area contributed by atoms with E-state index in [0.717, 1.165) is 18.4 Å². The maximum Gasteiger partial charge on any atom is 0.240 e. The molecule has 0 aromatic carbocycles. The third kappa shape index (κ3) is 2.54. The Balaban J connectivity index is 1.73. The molecule has 0 aromatic rings. The lowest BCUT2D eigenvalue weighted by Crippen LogP contribution is -2.51. The van der Waals surface area contributed by atoms with Gasteiger partial charge < -0.3 is 10.2 Å². The standard InChI is InChI=1S/C16H28N2O/c1-11-4-3-7-18(16(19)15(11)17-2)14-9-12-5-6-13(8-12)10-14/h11-15,17H,3-10H2,1-2H3. The minimum atomic E-state index is 0.0436. The van der Waals surface area contributed by atoms with Crippen molar-refractivity contribution in [3.05, 3.63) is 0 Å². The number of carbonyl (C=O) groups is 1. The van der Waals surface area contributed by atoms with Crippen molar-refractivity contribution in [3.63, 3.8) is 0 Å². The highest BCUT2D eigenvalue weighted by Gasteiger charge is 2.40. The van der Waals surface area contributed by atoms with Crippen molar-refractivity contribution in [2.45, 2.75) is 64.0 Å².